The normalized spacial score (nSPS) is 11.5. The molecule has 0 aliphatic heterocycles. The molecular weight excluding hydrogens is 592 g/mol. The zero-order valence-electron chi connectivity index (χ0n) is 32.4. The minimum absolute atomic E-state index is 0.00903. The Morgan fingerprint density at radius 1 is 0.396 bits per heavy atom. The van der Waals surface area contributed by atoms with Gasteiger partial charge >= 0.3 is 11.9 Å². The van der Waals surface area contributed by atoms with Gasteiger partial charge in [0.05, 0.1) is 6.61 Å². The number of esters is 1. The van der Waals surface area contributed by atoms with Crippen LogP contribution in [0, 0.1) is 0 Å². The van der Waals surface area contributed by atoms with Gasteiger partial charge in [-0.25, -0.2) is 0 Å². The summed E-state index contributed by atoms with van der Waals surface area (Å²) in [4.78, 5) is 22.5. The van der Waals surface area contributed by atoms with E-state index in [-0.39, 0.29) is 5.97 Å². The van der Waals surface area contributed by atoms with Crippen LogP contribution in [-0.4, -0.2) is 23.7 Å². The standard InChI is InChI=1S/C44H84O4/c1-2-3-4-5-6-7-8-9-19-23-26-29-32-35-38-41-44(47)48-42-39-36-33-30-27-24-21-18-16-14-12-10-11-13-15-17-20-22-25-28-31-34-37-40-43(45)46/h9,19H,2-8,10-18,20-42H2,1H3,(H,45,46)/b19-9-. The maximum absolute atomic E-state index is 12.0. The van der Waals surface area contributed by atoms with Gasteiger partial charge in [-0.1, -0.05) is 205 Å². The fourth-order valence-electron chi connectivity index (χ4n) is 6.69. The molecule has 0 bridgehead atoms. The van der Waals surface area contributed by atoms with E-state index in [1.165, 1.54) is 199 Å². The van der Waals surface area contributed by atoms with Crippen molar-refractivity contribution in [1.29, 1.82) is 0 Å². The quantitative estimate of drug-likeness (QED) is 0.0398. The van der Waals surface area contributed by atoms with Crippen LogP contribution in [0.15, 0.2) is 12.2 Å². The van der Waals surface area contributed by atoms with Gasteiger partial charge in [0, 0.05) is 12.8 Å². The van der Waals surface area contributed by atoms with Crippen LogP contribution in [0.1, 0.15) is 251 Å². The van der Waals surface area contributed by atoms with Crippen molar-refractivity contribution in [3.8, 4) is 0 Å². The van der Waals surface area contributed by atoms with Gasteiger partial charge in [-0.05, 0) is 44.9 Å². The van der Waals surface area contributed by atoms with Gasteiger partial charge in [0.15, 0.2) is 0 Å². The van der Waals surface area contributed by atoms with Crippen LogP contribution < -0.4 is 0 Å². The molecule has 0 atom stereocenters. The maximum atomic E-state index is 12.0. The molecule has 0 saturated heterocycles. The molecule has 0 heterocycles. The number of ether oxygens (including phenoxy) is 1. The van der Waals surface area contributed by atoms with E-state index in [0.717, 1.165) is 32.1 Å². The topological polar surface area (TPSA) is 63.6 Å². The summed E-state index contributed by atoms with van der Waals surface area (Å²) in [5, 5.41) is 8.65. The number of carbonyl (C=O) groups is 2. The molecule has 1 N–H and O–H groups in total. The summed E-state index contributed by atoms with van der Waals surface area (Å²) in [6.07, 6.45) is 52.5. The number of hydrogen-bond acceptors (Lipinski definition) is 3. The summed E-state index contributed by atoms with van der Waals surface area (Å²) < 4.78 is 5.46. The van der Waals surface area contributed by atoms with Crippen molar-refractivity contribution >= 4 is 11.9 Å². The van der Waals surface area contributed by atoms with Gasteiger partial charge in [0.2, 0.25) is 0 Å². The van der Waals surface area contributed by atoms with Gasteiger partial charge in [-0.15, -0.1) is 0 Å². The van der Waals surface area contributed by atoms with Gasteiger partial charge < -0.3 is 9.84 Å². The van der Waals surface area contributed by atoms with E-state index in [0.29, 0.717) is 19.4 Å². The molecule has 0 unspecified atom stereocenters. The van der Waals surface area contributed by atoms with Crippen LogP contribution >= 0.6 is 0 Å². The number of carboxylic acid groups (broad SMARTS) is 1. The number of rotatable bonds is 41. The maximum Gasteiger partial charge on any atom is 0.305 e. The van der Waals surface area contributed by atoms with Crippen LogP contribution in [-0.2, 0) is 14.3 Å². The number of unbranched alkanes of at least 4 members (excludes halogenated alkanes) is 33. The van der Waals surface area contributed by atoms with E-state index in [1.54, 1.807) is 0 Å². The molecular formula is C44H84O4. The number of allylic oxidation sites excluding steroid dienone is 2. The predicted molar refractivity (Wildman–Crippen MR) is 209 cm³/mol. The summed E-state index contributed by atoms with van der Waals surface area (Å²) >= 11 is 0. The monoisotopic (exact) mass is 677 g/mol. The number of hydrogen-bond donors (Lipinski definition) is 1. The Labute approximate surface area is 300 Å². The first kappa shape index (κ1) is 46.7. The first-order chi connectivity index (χ1) is 23.7. The summed E-state index contributed by atoms with van der Waals surface area (Å²) in [6.45, 7) is 2.89. The van der Waals surface area contributed by atoms with Crippen molar-refractivity contribution in [3.63, 3.8) is 0 Å². The molecule has 48 heavy (non-hydrogen) atoms. The second-order valence-corrected chi connectivity index (χ2v) is 14.8. The van der Waals surface area contributed by atoms with E-state index < -0.39 is 5.97 Å². The lowest BCUT2D eigenvalue weighted by molar-refractivity contribution is -0.144. The van der Waals surface area contributed by atoms with Crippen LogP contribution in [0.5, 0.6) is 0 Å². The molecule has 0 aliphatic rings. The van der Waals surface area contributed by atoms with Crippen LogP contribution in [0.4, 0.5) is 0 Å². The number of carbonyl (C=O) groups excluding carboxylic acids is 1. The molecule has 4 nitrogen and oxygen atoms in total. The molecule has 0 radical (unpaired) electrons. The first-order valence-electron chi connectivity index (χ1n) is 21.7. The lowest BCUT2D eigenvalue weighted by Crippen LogP contribution is -2.05. The van der Waals surface area contributed by atoms with Crippen molar-refractivity contribution in [1.82, 2.24) is 0 Å². The Morgan fingerprint density at radius 2 is 0.688 bits per heavy atom. The molecule has 0 aliphatic carbocycles. The van der Waals surface area contributed by atoms with Gasteiger partial charge in [-0.2, -0.15) is 0 Å². The van der Waals surface area contributed by atoms with E-state index in [4.69, 9.17) is 9.84 Å². The molecule has 284 valence electrons. The Morgan fingerprint density at radius 3 is 1.04 bits per heavy atom. The predicted octanol–water partition coefficient (Wildman–Crippen LogP) is 15.0. The first-order valence-corrected chi connectivity index (χ1v) is 21.7. The minimum atomic E-state index is -0.656. The zero-order valence-corrected chi connectivity index (χ0v) is 32.4. The second-order valence-electron chi connectivity index (χ2n) is 14.8. The Kier molecular flexibility index (Phi) is 40.7. The third-order valence-corrected chi connectivity index (χ3v) is 9.94. The molecule has 0 aromatic carbocycles. The van der Waals surface area contributed by atoms with E-state index in [1.807, 2.05) is 0 Å². The fourth-order valence-corrected chi connectivity index (χ4v) is 6.69. The van der Waals surface area contributed by atoms with Gasteiger partial charge in [-0.3, -0.25) is 9.59 Å². The van der Waals surface area contributed by atoms with Crippen molar-refractivity contribution in [2.45, 2.75) is 251 Å². The molecule has 0 aromatic heterocycles. The molecule has 0 fully saturated rings. The zero-order chi connectivity index (χ0) is 34.9. The third-order valence-electron chi connectivity index (χ3n) is 9.94. The highest BCUT2D eigenvalue weighted by atomic mass is 16.5. The van der Waals surface area contributed by atoms with E-state index in [2.05, 4.69) is 19.1 Å². The van der Waals surface area contributed by atoms with E-state index >= 15 is 0 Å². The molecule has 4 heteroatoms. The highest BCUT2D eigenvalue weighted by Gasteiger charge is 2.03. The summed E-state index contributed by atoms with van der Waals surface area (Å²) in [6, 6.07) is 0. The fraction of sp³-hybridized carbons (Fsp3) is 0.909. The van der Waals surface area contributed by atoms with Gasteiger partial charge in [0.1, 0.15) is 0 Å². The van der Waals surface area contributed by atoms with Crippen LogP contribution in [0.2, 0.25) is 0 Å². The van der Waals surface area contributed by atoms with Crippen molar-refractivity contribution in [2.75, 3.05) is 6.61 Å². The summed E-state index contributed by atoms with van der Waals surface area (Å²) in [7, 11) is 0. The van der Waals surface area contributed by atoms with E-state index in [9.17, 15) is 9.59 Å². The van der Waals surface area contributed by atoms with Crippen molar-refractivity contribution in [2.24, 2.45) is 0 Å². The molecule has 0 amide bonds. The molecule has 0 saturated carbocycles. The average molecular weight is 677 g/mol. The molecule has 0 aromatic rings. The Bertz CT molecular complexity index is 673. The van der Waals surface area contributed by atoms with Crippen LogP contribution in [0.3, 0.4) is 0 Å². The lowest BCUT2D eigenvalue weighted by atomic mass is 10.0. The number of carboxylic acids is 1. The third kappa shape index (κ3) is 42.7. The number of aliphatic carboxylic acids is 1. The second kappa shape index (κ2) is 41.8. The Hall–Kier alpha value is -1.32. The molecule has 0 spiro atoms. The smallest absolute Gasteiger partial charge is 0.305 e. The van der Waals surface area contributed by atoms with Gasteiger partial charge in [0.25, 0.3) is 0 Å². The lowest BCUT2D eigenvalue weighted by Gasteiger charge is -2.06. The van der Waals surface area contributed by atoms with Crippen molar-refractivity contribution < 1.29 is 19.4 Å². The van der Waals surface area contributed by atoms with Crippen molar-refractivity contribution in [3.05, 3.63) is 12.2 Å². The average Bonchev–Trinajstić information content (AvgIpc) is 3.08. The van der Waals surface area contributed by atoms with Crippen LogP contribution in [0.25, 0.3) is 0 Å². The highest BCUT2D eigenvalue weighted by Crippen LogP contribution is 2.16. The Balaban J connectivity index is 3.17. The SMILES string of the molecule is CCCCCCCC/C=C\CCCCCCCC(=O)OCCCCCCCCCCCCCCCCCCCCCCCCCC(=O)O. The highest BCUT2D eigenvalue weighted by molar-refractivity contribution is 5.69. The molecule has 0 rings (SSSR count). The minimum Gasteiger partial charge on any atom is -0.481 e. The largest absolute Gasteiger partial charge is 0.481 e. The summed E-state index contributed by atoms with van der Waals surface area (Å²) in [5.41, 5.74) is 0. The summed E-state index contributed by atoms with van der Waals surface area (Å²) in [5.74, 6) is -0.647.